The molecule has 1 N–H and O–H groups in total. The van der Waals surface area contributed by atoms with Crippen molar-refractivity contribution >= 4 is 17.3 Å². The molecule has 0 heterocycles. The summed E-state index contributed by atoms with van der Waals surface area (Å²) in [6.07, 6.45) is 0. The summed E-state index contributed by atoms with van der Waals surface area (Å²) >= 11 is 0. The number of nitrogens with zero attached hydrogens (tertiary/aromatic N) is 1. The molecule has 0 saturated heterocycles. The summed E-state index contributed by atoms with van der Waals surface area (Å²) in [5.41, 5.74) is 3.35. The minimum absolute atomic E-state index is 0.114. The number of carbonyl (C=O) groups excluding carboxylic acids is 1. The Labute approximate surface area is 145 Å². The lowest BCUT2D eigenvalue weighted by Crippen LogP contribution is -2.21. The molecule has 7 nitrogen and oxygen atoms in total. The van der Waals surface area contributed by atoms with E-state index in [1.165, 1.54) is 25.3 Å². The summed E-state index contributed by atoms with van der Waals surface area (Å²) in [6.45, 7) is 5.70. The Morgan fingerprint density at radius 2 is 1.88 bits per heavy atom. The number of anilines is 1. The van der Waals surface area contributed by atoms with Crippen LogP contribution in [0.3, 0.4) is 0 Å². The van der Waals surface area contributed by atoms with Crippen molar-refractivity contribution in [3.05, 3.63) is 57.1 Å². The third-order valence-electron chi connectivity index (χ3n) is 3.79. The standard InChI is InChI=1S/C18H20N2O5/c1-11-7-12(2)13(3)16(8-11)25-10-18(21)19-15-6-5-14(20(22)23)9-17(15)24-4/h5-9H,10H2,1-4H3,(H,19,21). The van der Waals surface area contributed by atoms with E-state index in [2.05, 4.69) is 5.32 Å². The zero-order valence-electron chi connectivity index (χ0n) is 14.6. The van der Waals surface area contributed by atoms with Crippen molar-refractivity contribution in [1.29, 1.82) is 0 Å². The predicted molar refractivity (Wildman–Crippen MR) is 94.4 cm³/mol. The van der Waals surface area contributed by atoms with Crippen LogP contribution in [0.25, 0.3) is 0 Å². The number of nitro benzene ring substituents is 1. The van der Waals surface area contributed by atoms with Gasteiger partial charge < -0.3 is 14.8 Å². The number of ether oxygens (including phenoxy) is 2. The summed E-state index contributed by atoms with van der Waals surface area (Å²) in [6, 6.07) is 7.90. The highest BCUT2D eigenvalue weighted by Gasteiger charge is 2.14. The third kappa shape index (κ3) is 4.47. The minimum Gasteiger partial charge on any atom is -0.494 e. The van der Waals surface area contributed by atoms with Crippen LogP contribution in [0.1, 0.15) is 16.7 Å². The zero-order chi connectivity index (χ0) is 18.6. The van der Waals surface area contributed by atoms with Crippen LogP contribution in [0.2, 0.25) is 0 Å². The molecule has 7 heteroatoms. The normalized spacial score (nSPS) is 10.2. The molecule has 2 rings (SSSR count). The largest absolute Gasteiger partial charge is 0.494 e. The summed E-state index contributed by atoms with van der Waals surface area (Å²) in [4.78, 5) is 22.4. The Morgan fingerprint density at radius 1 is 1.16 bits per heavy atom. The highest BCUT2D eigenvalue weighted by molar-refractivity contribution is 5.93. The maximum absolute atomic E-state index is 12.1. The second-order valence-electron chi connectivity index (χ2n) is 5.68. The van der Waals surface area contributed by atoms with Gasteiger partial charge in [0.15, 0.2) is 6.61 Å². The van der Waals surface area contributed by atoms with Gasteiger partial charge in [-0.2, -0.15) is 0 Å². The molecular formula is C18H20N2O5. The monoisotopic (exact) mass is 344 g/mol. The second-order valence-corrected chi connectivity index (χ2v) is 5.68. The number of aryl methyl sites for hydroxylation is 2. The fourth-order valence-electron chi connectivity index (χ4n) is 2.38. The molecule has 0 unspecified atom stereocenters. The highest BCUT2D eigenvalue weighted by atomic mass is 16.6. The number of non-ortho nitro benzene ring substituents is 1. The van der Waals surface area contributed by atoms with Gasteiger partial charge in [-0.25, -0.2) is 0 Å². The van der Waals surface area contributed by atoms with Crippen LogP contribution in [0.5, 0.6) is 11.5 Å². The number of rotatable bonds is 6. The van der Waals surface area contributed by atoms with Crippen LogP contribution in [-0.4, -0.2) is 24.5 Å². The molecule has 0 radical (unpaired) electrons. The molecular weight excluding hydrogens is 324 g/mol. The fraction of sp³-hybridized carbons (Fsp3) is 0.278. The van der Waals surface area contributed by atoms with E-state index in [1.807, 2.05) is 32.9 Å². The highest BCUT2D eigenvalue weighted by Crippen LogP contribution is 2.29. The smallest absolute Gasteiger partial charge is 0.273 e. The SMILES string of the molecule is COc1cc([N+](=O)[O-])ccc1NC(=O)COc1cc(C)cc(C)c1C. The van der Waals surface area contributed by atoms with Crippen LogP contribution in [0, 0.1) is 30.9 Å². The summed E-state index contributed by atoms with van der Waals surface area (Å²) in [5, 5.41) is 13.4. The van der Waals surface area contributed by atoms with Gasteiger partial charge in [-0.3, -0.25) is 14.9 Å². The topological polar surface area (TPSA) is 90.7 Å². The molecule has 2 aromatic carbocycles. The van der Waals surface area contributed by atoms with Crippen molar-refractivity contribution < 1.29 is 19.2 Å². The van der Waals surface area contributed by atoms with Crippen molar-refractivity contribution in [2.24, 2.45) is 0 Å². The Balaban J connectivity index is 2.07. The van der Waals surface area contributed by atoms with E-state index in [-0.39, 0.29) is 24.0 Å². The van der Waals surface area contributed by atoms with E-state index in [9.17, 15) is 14.9 Å². The first kappa shape index (κ1) is 18.3. The minimum atomic E-state index is -0.528. The quantitative estimate of drug-likeness (QED) is 0.639. The van der Waals surface area contributed by atoms with Crippen LogP contribution >= 0.6 is 0 Å². The number of nitrogens with one attached hydrogen (secondary N) is 1. The second kappa shape index (κ2) is 7.65. The van der Waals surface area contributed by atoms with E-state index < -0.39 is 4.92 Å². The van der Waals surface area contributed by atoms with Crippen molar-refractivity contribution in [3.63, 3.8) is 0 Å². The van der Waals surface area contributed by atoms with Crippen molar-refractivity contribution in [2.45, 2.75) is 20.8 Å². The van der Waals surface area contributed by atoms with Gasteiger partial charge in [-0.05, 0) is 49.6 Å². The van der Waals surface area contributed by atoms with Crippen LogP contribution < -0.4 is 14.8 Å². The summed E-state index contributed by atoms with van der Waals surface area (Å²) in [7, 11) is 1.38. The Hall–Kier alpha value is -3.09. The number of hydrogen-bond donors (Lipinski definition) is 1. The fourth-order valence-corrected chi connectivity index (χ4v) is 2.38. The predicted octanol–water partition coefficient (Wildman–Crippen LogP) is 3.55. The lowest BCUT2D eigenvalue weighted by Gasteiger charge is -2.13. The maximum atomic E-state index is 12.1. The lowest BCUT2D eigenvalue weighted by molar-refractivity contribution is -0.384. The average Bonchev–Trinajstić information content (AvgIpc) is 2.56. The lowest BCUT2D eigenvalue weighted by atomic mass is 10.1. The number of hydrogen-bond acceptors (Lipinski definition) is 5. The van der Waals surface area contributed by atoms with Gasteiger partial charge in [-0.1, -0.05) is 6.07 Å². The molecule has 25 heavy (non-hydrogen) atoms. The van der Waals surface area contributed by atoms with E-state index in [0.29, 0.717) is 11.4 Å². The van der Waals surface area contributed by atoms with Gasteiger partial charge in [-0.15, -0.1) is 0 Å². The number of benzene rings is 2. The molecule has 0 bridgehead atoms. The van der Waals surface area contributed by atoms with Crippen molar-refractivity contribution in [1.82, 2.24) is 0 Å². The molecule has 0 aliphatic carbocycles. The van der Waals surface area contributed by atoms with E-state index in [4.69, 9.17) is 9.47 Å². The van der Waals surface area contributed by atoms with Gasteiger partial charge in [0.1, 0.15) is 11.5 Å². The maximum Gasteiger partial charge on any atom is 0.273 e. The first-order valence-electron chi connectivity index (χ1n) is 7.64. The molecule has 0 aromatic heterocycles. The third-order valence-corrected chi connectivity index (χ3v) is 3.79. The number of methoxy groups -OCH3 is 1. The molecule has 0 saturated carbocycles. The van der Waals surface area contributed by atoms with Crippen LogP contribution in [0.4, 0.5) is 11.4 Å². The first-order valence-corrected chi connectivity index (χ1v) is 7.64. The van der Waals surface area contributed by atoms with Gasteiger partial charge in [0, 0.05) is 6.07 Å². The molecule has 0 aliphatic rings. The van der Waals surface area contributed by atoms with Gasteiger partial charge in [0.25, 0.3) is 11.6 Å². The first-order chi connectivity index (χ1) is 11.8. The number of carbonyl (C=O) groups is 1. The zero-order valence-corrected chi connectivity index (χ0v) is 14.6. The Bertz CT molecular complexity index is 817. The van der Waals surface area contributed by atoms with Crippen LogP contribution in [-0.2, 0) is 4.79 Å². The molecule has 1 amide bonds. The molecule has 0 spiro atoms. The van der Waals surface area contributed by atoms with E-state index in [1.54, 1.807) is 0 Å². The Morgan fingerprint density at radius 3 is 2.52 bits per heavy atom. The summed E-state index contributed by atoms with van der Waals surface area (Å²) < 4.78 is 10.7. The molecule has 132 valence electrons. The van der Waals surface area contributed by atoms with E-state index >= 15 is 0 Å². The van der Waals surface area contributed by atoms with Gasteiger partial charge in [0.05, 0.1) is 23.8 Å². The van der Waals surface area contributed by atoms with Gasteiger partial charge in [0.2, 0.25) is 0 Å². The Kier molecular flexibility index (Phi) is 5.59. The van der Waals surface area contributed by atoms with Crippen molar-refractivity contribution in [3.8, 4) is 11.5 Å². The molecule has 0 fully saturated rings. The van der Waals surface area contributed by atoms with Crippen LogP contribution in [0.15, 0.2) is 30.3 Å². The van der Waals surface area contributed by atoms with Crippen molar-refractivity contribution in [2.75, 3.05) is 19.0 Å². The molecule has 0 atom stereocenters. The van der Waals surface area contributed by atoms with E-state index in [0.717, 1.165) is 16.7 Å². The average molecular weight is 344 g/mol. The number of nitro groups is 1. The summed E-state index contributed by atoms with van der Waals surface area (Å²) in [5.74, 6) is 0.485. The van der Waals surface area contributed by atoms with Gasteiger partial charge >= 0.3 is 0 Å². The molecule has 2 aromatic rings. The number of amides is 1. The molecule has 0 aliphatic heterocycles.